The van der Waals surface area contributed by atoms with Crippen molar-refractivity contribution in [3.63, 3.8) is 0 Å². The van der Waals surface area contributed by atoms with E-state index in [1.807, 2.05) is 0 Å². The molecule has 0 aliphatic heterocycles. The van der Waals surface area contributed by atoms with E-state index >= 15 is 0 Å². The number of aromatic nitrogens is 2. The summed E-state index contributed by atoms with van der Waals surface area (Å²) in [5, 5.41) is 12.3. The Morgan fingerprint density at radius 2 is 2.05 bits per heavy atom. The first-order valence-electron chi connectivity index (χ1n) is 6.76. The Labute approximate surface area is 115 Å². The molecule has 1 heterocycles. The van der Waals surface area contributed by atoms with E-state index in [4.69, 9.17) is 0 Å². The van der Waals surface area contributed by atoms with Crippen molar-refractivity contribution in [2.24, 2.45) is 0 Å². The summed E-state index contributed by atoms with van der Waals surface area (Å²) in [6.07, 6.45) is 5.83. The van der Waals surface area contributed by atoms with Crippen molar-refractivity contribution in [3.05, 3.63) is 33.1 Å². The number of nitrogens with one attached hydrogen (secondary N) is 2. The summed E-state index contributed by atoms with van der Waals surface area (Å²) in [6, 6.07) is 1.19. The summed E-state index contributed by atoms with van der Waals surface area (Å²) >= 11 is 0. The van der Waals surface area contributed by atoms with Crippen LogP contribution in [-0.4, -0.2) is 32.7 Å². The second kappa shape index (κ2) is 6.04. The van der Waals surface area contributed by atoms with Crippen molar-refractivity contribution in [2.45, 2.75) is 44.2 Å². The number of rotatable bonds is 4. The molecule has 0 atom stereocenters. The molecule has 1 amide bonds. The Balaban J connectivity index is 2.04. The molecule has 20 heavy (non-hydrogen) atoms. The number of hydrogen-bond donors (Lipinski definition) is 3. The molecule has 0 spiro atoms. The number of hydrogen-bond acceptors (Lipinski definition) is 4. The summed E-state index contributed by atoms with van der Waals surface area (Å²) in [7, 11) is 0. The maximum absolute atomic E-state index is 12.0. The van der Waals surface area contributed by atoms with Gasteiger partial charge in [-0.1, -0.05) is 19.3 Å². The van der Waals surface area contributed by atoms with Gasteiger partial charge in [-0.15, -0.1) is 0 Å². The molecule has 0 saturated heterocycles. The monoisotopic (exact) mass is 281 g/mol. The van der Waals surface area contributed by atoms with Gasteiger partial charge < -0.3 is 10.4 Å². The van der Waals surface area contributed by atoms with Crippen molar-refractivity contribution in [1.82, 2.24) is 14.9 Å². The number of amides is 1. The molecular formula is C13H19N3O4. The number of H-pyrrole nitrogens is 1. The van der Waals surface area contributed by atoms with E-state index in [9.17, 15) is 19.5 Å². The predicted octanol–water partition coefficient (Wildman–Crippen LogP) is -0.652. The topological polar surface area (TPSA) is 104 Å². The number of carbonyl (C=O) groups excluding carboxylic acids is 1. The van der Waals surface area contributed by atoms with E-state index in [0.29, 0.717) is 0 Å². The van der Waals surface area contributed by atoms with Crippen molar-refractivity contribution < 1.29 is 9.90 Å². The predicted molar refractivity (Wildman–Crippen MR) is 72.4 cm³/mol. The molecule has 1 aromatic rings. The Morgan fingerprint density at radius 3 is 2.65 bits per heavy atom. The fourth-order valence-electron chi connectivity index (χ4n) is 2.61. The fraction of sp³-hybridized carbons (Fsp3) is 0.615. The molecule has 7 heteroatoms. The standard InChI is InChI=1S/C13H19N3O4/c17-9-13(5-2-1-3-6-13)15-11(19)8-16-7-4-10(18)14-12(16)20/h4,7,17H,1-3,5-6,8-9H2,(H,15,19)(H,14,18,20). The average molecular weight is 281 g/mol. The van der Waals surface area contributed by atoms with Crippen LogP contribution in [0, 0.1) is 0 Å². The molecule has 1 aliphatic rings. The van der Waals surface area contributed by atoms with Crippen molar-refractivity contribution in [3.8, 4) is 0 Å². The number of carbonyl (C=O) groups is 1. The Hall–Kier alpha value is -1.89. The Kier molecular flexibility index (Phi) is 4.39. The largest absolute Gasteiger partial charge is 0.394 e. The first-order valence-corrected chi connectivity index (χ1v) is 6.76. The second-order valence-electron chi connectivity index (χ2n) is 5.29. The number of aromatic amines is 1. The molecule has 3 N–H and O–H groups in total. The van der Waals surface area contributed by atoms with Crippen LogP contribution in [0.3, 0.4) is 0 Å². The van der Waals surface area contributed by atoms with Crippen LogP contribution >= 0.6 is 0 Å². The first kappa shape index (κ1) is 14.5. The van der Waals surface area contributed by atoms with Crippen LogP contribution in [0.15, 0.2) is 21.9 Å². The van der Waals surface area contributed by atoms with Gasteiger partial charge in [0.25, 0.3) is 5.56 Å². The summed E-state index contributed by atoms with van der Waals surface area (Å²) < 4.78 is 1.13. The van der Waals surface area contributed by atoms with Gasteiger partial charge in [0.05, 0.1) is 12.1 Å². The SMILES string of the molecule is O=C(Cn1ccc(=O)[nH]c1=O)NC1(CO)CCCCC1. The van der Waals surface area contributed by atoms with Crippen molar-refractivity contribution >= 4 is 5.91 Å². The fourth-order valence-corrected chi connectivity index (χ4v) is 2.61. The van der Waals surface area contributed by atoms with Gasteiger partial charge in [-0.3, -0.25) is 19.1 Å². The zero-order valence-electron chi connectivity index (χ0n) is 11.2. The molecule has 1 fully saturated rings. The molecule has 1 saturated carbocycles. The van der Waals surface area contributed by atoms with Gasteiger partial charge in [-0.05, 0) is 12.8 Å². The highest BCUT2D eigenvalue weighted by molar-refractivity contribution is 5.76. The van der Waals surface area contributed by atoms with E-state index in [1.54, 1.807) is 0 Å². The number of nitrogens with zero attached hydrogens (tertiary/aromatic N) is 1. The average Bonchev–Trinajstić information content (AvgIpc) is 2.43. The van der Waals surface area contributed by atoms with E-state index in [1.165, 1.54) is 12.3 Å². The van der Waals surface area contributed by atoms with E-state index in [2.05, 4.69) is 10.3 Å². The molecule has 0 unspecified atom stereocenters. The van der Waals surface area contributed by atoms with Crippen LogP contribution in [0.2, 0.25) is 0 Å². The molecule has 2 rings (SSSR count). The summed E-state index contributed by atoms with van der Waals surface area (Å²) in [6.45, 7) is -0.267. The highest BCUT2D eigenvalue weighted by Gasteiger charge is 2.32. The smallest absolute Gasteiger partial charge is 0.328 e. The maximum Gasteiger partial charge on any atom is 0.328 e. The van der Waals surface area contributed by atoms with E-state index in [0.717, 1.165) is 36.7 Å². The molecule has 1 aromatic heterocycles. The summed E-state index contributed by atoms with van der Waals surface area (Å²) in [4.78, 5) is 36.5. The van der Waals surface area contributed by atoms with Gasteiger partial charge in [-0.25, -0.2) is 4.79 Å². The third kappa shape index (κ3) is 3.36. The highest BCUT2D eigenvalue weighted by atomic mass is 16.3. The second-order valence-corrected chi connectivity index (χ2v) is 5.29. The van der Waals surface area contributed by atoms with Gasteiger partial charge in [0, 0.05) is 12.3 Å². The van der Waals surface area contributed by atoms with Gasteiger partial charge in [0.2, 0.25) is 5.91 Å². The summed E-state index contributed by atoms with van der Waals surface area (Å²) in [5.74, 6) is -0.338. The molecule has 110 valence electrons. The van der Waals surface area contributed by atoms with Gasteiger partial charge in [0.15, 0.2) is 0 Å². The van der Waals surface area contributed by atoms with Crippen molar-refractivity contribution in [1.29, 1.82) is 0 Å². The minimum absolute atomic E-state index is 0.0980. The third-order valence-electron chi connectivity index (χ3n) is 3.73. The lowest BCUT2D eigenvalue weighted by Gasteiger charge is -2.36. The van der Waals surface area contributed by atoms with Gasteiger partial charge in [-0.2, -0.15) is 0 Å². The summed E-state index contributed by atoms with van der Waals surface area (Å²) in [5.41, 5.74) is -1.68. The molecule has 0 radical (unpaired) electrons. The molecule has 0 bridgehead atoms. The van der Waals surface area contributed by atoms with E-state index in [-0.39, 0.29) is 19.1 Å². The third-order valence-corrected chi connectivity index (χ3v) is 3.73. The van der Waals surface area contributed by atoms with Crippen LogP contribution in [0.25, 0.3) is 0 Å². The van der Waals surface area contributed by atoms with Crippen molar-refractivity contribution in [2.75, 3.05) is 6.61 Å². The van der Waals surface area contributed by atoms with Gasteiger partial charge >= 0.3 is 5.69 Å². The van der Waals surface area contributed by atoms with Crippen LogP contribution in [0.4, 0.5) is 0 Å². The normalized spacial score (nSPS) is 17.6. The zero-order valence-corrected chi connectivity index (χ0v) is 11.2. The lowest BCUT2D eigenvalue weighted by atomic mass is 9.82. The molecule has 0 aromatic carbocycles. The van der Waals surface area contributed by atoms with Crippen LogP contribution in [-0.2, 0) is 11.3 Å². The van der Waals surface area contributed by atoms with Gasteiger partial charge in [0.1, 0.15) is 6.54 Å². The zero-order chi connectivity index (χ0) is 14.6. The molecular weight excluding hydrogens is 262 g/mol. The highest BCUT2D eigenvalue weighted by Crippen LogP contribution is 2.27. The maximum atomic E-state index is 12.0. The number of aliphatic hydroxyl groups is 1. The minimum atomic E-state index is -0.616. The molecule has 1 aliphatic carbocycles. The minimum Gasteiger partial charge on any atom is -0.394 e. The van der Waals surface area contributed by atoms with Crippen LogP contribution < -0.4 is 16.6 Å². The number of aliphatic hydroxyl groups excluding tert-OH is 1. The first-order chi connectivity index (χ1) is 9.54. The van der Waals surface area contributed by atoms with E-state index < -0.39 is 16.8 Å². The molecule has 7 nitrogen and oxygen atoms in total. The van der Waals surface area contributed by atoms with Crippen LogP contribution in [0.5, 0.6) is 0 Å². The Bertz CT molecular complexity index is 584. The lowest BCUT2D eigenvalue weighted by Crippen LogP contribution is -2.53. The lowest BCUT2D eigenvalue weighted by molar-refractivity contribution is -0.124. The van der Waals surface area contributed by atoms with Crippen LogP contribution in [0.1, 0.15) is 32.1 Å². The Morgan fingerprint density at radius 1 is 1.35 bits per heavy atom. The quantitative estimate of drug-likeness (QED) is 0.682.